The van der Waals surface area contributed by atoms with Crippen molar-refractivity contribution in [2.24, 2.45) is 7.05 Å². The van der Waals surface area contributed by atoms with E-state index in [0.29, 0.717) is 16.5 Å². The highest BCUT2D eigenvalue weighted by Crippen LogP contribution is 2.29. The summed E-state index contributed by atoms with van der Waals surface area (Å²) in [6, 6.07) is 6.68. The van der Waals surface area contributed by atoms with Crippen molar-refractivity contribution in [1.29, 1.82) is 0 Å². The van der Waals surface area contributed by atoms with E-state index in [1.54, 1.807) is 35.5 Å². The van der Waals surface area contributed by atoms with Gasteiger partial charge in [0.1, 0.15) is 5.82 Å². The number of benzene rings is 1. The average Bonchev–Trinajstić information content (AvgIpc) is 2.91. The lowest BCUT2D eigenvalue weighted by Gasteiger charge is -2.09. The molecule has 0 unspecified atom stereocenters. The van der Waals surface area contributed by atoms with E-state index in [0.717, 1.165) is 22.8 Å². The molecule has 6 heteroatoms. The minimum Gasteiger partial charge on any atom is -0.290 e. The second-order valence-corrected chi connectivity index (χ2v) is 6.56. The first-order valence-electron chi connectivity index (χ1n) is 6.25. The molecule has 3 rings (SSSR count). The van der Waals surface area contributed by atoms with Crippen LogP contribution in [-0.2, 0) is 19.2 Å². The molecule has 0 spiro atoms. The van der Waals surface area contributed by atoms with Crippen molar-refractivity contribution < 1.29 is 4.39 Å². The van der Waals surface area contributed by atoms with Gasteiger partial charge in [-0.3, -0.25) is 9.36 Å². The summed E-state index contributed by atoms with van der Waals surface area (Å²) in [5.41, 5.74) is 1.52. The smallest absolute Gasteiger partial charge is 0.267 e. The lowest BCUT2D eigenvalue weighted by Crippen LogP contribution is -2.22. The zero-order valence-electron chi connectivity index (χ0n) is 10.9. The Balaban J connectivity index is 1.87. The number of aromatic nitrogens is 2. The fraction of sp³-hybridized carbons (Fsp3) is 0.286. The van der Waals surface area contributed by atoms with Crippen molar-refractivity contribution in [2.45, 2.75) is 22.2 Å². The Bertz CT molecular complexity index is 715. The maximum atomic E-state index is 13.6. The molecular weight excluding hydrogens is 295 g/mol. The summed E-state index contributed by atoms with van der Waals surface area (Å²) in [5, 5.41) is 0.652. The van der Waals surface area contributed by atoms with Gasteiger partial charge in [-0.1, -0.05) is 30.0 Å². The molecule has 2 aromatic rings. The quantitative estimate of drug-likeness (QED) is 0.645. The van der Waals surface area contributed by atoms with E-state index in [-0.39, 0.29) is 11.4 Å². The number of hydrogen-bond donors (Lipinski definition) is 0. The molecule has 0 atom stereocenters. The van der Waals surface area contributed by atoms with Crippen molar-refractivity contribution in [2.75, 3.05) is 5.75 Å². The minimum absolute atomic E-state index is 0.00790. The van der Waals surface area contributed by atoms with Crippen LogP contribution in [0.4, 0.5) is 4.39 Å². The van der Waals surface area contributed by atoms with Gasteiger partial charge in [0, 0.05) is 25.0 Å². The summed E-state index contributed by atoms with van der Waals surface area (Å²) in [6.45, 7) is 0. The molecule has 0 saturated carbocycles. The molecule has 1 aromatic carbocycles. The van der Waals surface area contributed by atoms with E-state index in [1.807, 2.05) is 6.07 Å². The third kappa shape index (κ3) is 2.50. The molecule has 20 heavy (non-hydrogen) atoms. The van der Waals surface area contributed by atoms with E-state index in [1.165, 1.54) is 17.8 Å². The first-order chi connectivity index (χ1) is 9.66. The predicted molar refractivity (Wildman–Crippen MR) is 79.9 cm³/mol. The van der Waals surface area contributed by atoms with Crippen LogP contribution in [0.25, 0.3) is 0 Å². The van der Waals surface area contributed by atoms with Gasteiger partial charge in [0.05, 0.1) is 10.6 Å². The molecular formula is C14H13FN2OS2. The number of halogens is 1. The molecule has 0 amide bonds. The van der Waals surface area contributed by atoms with Crippen molar-refractivity contribution in [3.63, 3.8) is 0 Å². The summed E-state index contributed by atoms with van der Waals surface area (Å²) in [4.78, 5) is 17.5. The molecule has 0 radical (unpaired) electrons. The van der Waals surface area contributed by atoms with Crippen molar-refractivity contribution in [1.82, 2.24) is 9.55 Å². The summed E-state index contributed by atoms with van der Waals surface area (Å²) < 4.78 is 15.1. The Labute approximate surface area is 124 Å². The van der Waals surface area contributed by atoms with Gasteiger partial charge in [-0.15, -0.1) is 11.8 Å². The second-order valence-electron chi connectivity index (χ2n) is 4.51. The molecule has 104 valence electrons. The Morgan fingerprint density at radius 3 is 3.05 bits per heavy atom. The van der Waals surface area contributed by atoms with Gasteiger partial charge >= 0.3 is 0 Å². The van der Waals surface area contributed by atoms with Gasteiger partial charge in [0.25, 0.3) is 5.56 Å². The van der Waals surface area contributed by atoms with Crippen LogP contribution >= 0.6 is 23.5 Å². The number of fused-ring (bicyclic) bond motifs is 1. The van der Waals surface area contributed by atoms with Crippen LogP contribution < -0.4 is 5.56 Å². The van der Waals surface area contributed by atoms with Crippen molar-refractivity contribution in [3.05, 3.63) is 51.7 Å². The number of aryl methyl sites for hydroxylation is 1. The highest BCUT2D eigenvalue weighted by Gasteiger charge is 2.20. The fourth-order valence-electron chi connectivity index (χ4n) is 2.05. The zero-order valence-corrected chi connectivity index (χ0v) is 12.6. The predicted octanol–water partition coefficient (Wildman–Crippen LogP) is 2.86. The highest BCUT2D eigenvalue weighted by atomic mass is 32.2. The second kappa shape index (κ2) is 5.61. The maximum Gasteiger partial charge on any atom is 0.267 e. The van der Waals surface area contributed by atoms with Gasteiger partial charge in [-0.05, 0) is 11.6 Å². The first kappa shape index (κ1) is 13.7. The van der Waals surface area contributed by atoms with Crippen LogP contribution in [0.5, 0.6) is 0 Å². The van der Waals surface area contributed by atoms with Crippen LogP contribution in [0.2, 0.25) is 0 Å². The van der Waals surface area contributed by atoms with E-state index in [2.05, 4.69) is 4.98 Å². The van der Waals surface area contributed by atoms with Crippen LogP contribution in [0, 0.1) is 5.82 Å². The number of rotatable bonds is 3. The van der Waals surface area contributed by atoms with Crippen LogP contribution in [0.3, 0.4) is 0 Å². The lowest BCUT2D eigenvalue weighted by atomic mass is 10.2. The minimum atomic E-state index is -0.221. The van der Waals surface area contributed by atoms with E-state index >= 15 is 0 Å². The summed E-state index contributed by atoms with van der Waals surface area (Å²) in [6.07, 6.45) is 0.837. The molecule has 0 N–H and O–H groups in total. The third-order valence-electron chi connectivity index (χ3n) is 3.18. The Hall–Kier alpha value is -1.27. The Morgan fingerprint density at radius 2 is 2.25 bits per heavy atom. The SMILES string of the molecule is Cn1c(SCc2ccccc2F)nc2c(c1=O)SCC2. The first-order valence-corrected chi connectivity index (χ1v) is 8.23. The molecule has 0 bridgehead atoms. The molecule has 0 fully saturated rings. The van der Waals surface area contributed by atoms with Crippen LogP contribution in [0.1, 0.15) is 11.3 Å². The maximum absolute atomic E-state index is 13.6. The molecule has 1 aliphatic heterocycles. The highest BCUT2D eigenvalue weighted by molar-refractivity contribution is 7.99. The van der Waals surface area contributed by atoms with Gasteiger partial charge in [-0.25, -0.2) is 9.37 Å². The third-order valence-corrected chi connectivity index (χ3v) is 5.36. The standard InChI is InChI=1S/C14H13FN2OS2/c1-17-13(18)12-11(6-7-19-12)16-14(17)20-8-9-4-2-3-5-10(9)15/h2-5H,6-8H2,1H3. The normalized spacial score (nSPS) is 13.5. The van der Waals surface area contributed by atoms with Gasteiger partial charge in [0.2, 0.25) is 0 Å². The Morgan fingerprint density at radius 1 is 1.45 bits per heavy atom. The van der Waals surface area contributed by atoms with Crippen LogP contribution in [-0.4, -0.2) is 15.3 Å². The number of hydrogen-bond acceptors (Lipinski definition) is 4. The summed E-state index contributed by atoms with van der Waals surface area (Å²) >= 11 is 2.97. The molecule has 1 aliphatic rings. The largest absolute Gasteiger partial charge is 0.290 e. The summed E-state index contributed by atoms with van der Waals surface area (Å²) in [5.74, 6) is 1.17. The monoisotopic (exact) mass is 308 g/mol. The fourth-order valence-corrected chi connectivity index (χ4v) is 4.10. The topological polar surface area (TPSA) is 34.9 Å². The van der Waals surface area contributed by atoms with E-state index in [9.17, 15) is 9.18 Å². The van der Waals surface area contributed by atoms with Crippen molar-refractivity contribution >= 4 is 23.5 Å². The zero-order chi connectivity index (χ0) is 14.1. The molecule has 3 nitrogen and oxygen atoms in total. The summed E-state index contributed by atoms with van der Waals surface area (Å²) in [7, 11) is 1.72. The van der Waals surface area contributed by atoms with Gasteiger partial charge in [0.15, 0.2) is 5.16 Å². The van der Waals surface area contributed by atoms with Gasteiger partial charge in [-0.2, -0.15) is 0 Å². The van der Waals surface area contributed by atoms with Crippen molar-refractivity contribution in [3.8, 4) is 0 Å². The average molecular weight is 308 g/mol. The Kier molecular flexibility index (Phi) is 3.85. The number of nitrogens with zero attached hydrogens (tertiary/aromatic N) is 2. The van der Waals surface area contributed by atoms with E-state index in [4.69, 9.17) is 0 Å². The molecule has 0 saturated heterocycles. The number of thioether (sulfide) groups is 2. The van der Waals surface area contributed by atoms with Gasteiger partial charge < -0.3 is 0 Å². The van der Waals surface area contributed by atoms with E-state index < -0.39 is 0 Å². The molecule has 0 aliphatic carbocycles. The lowest BCUT2D eigenvalue weighted by molar-refractivity contribution is 0.617. The molecule has 1 aromatic heterocycles. The molecule has 2 heterocycles. The van der Waals surface area contributed by atoms with Crippen LogP contribution in [0.15, 0.2) is 39.1 Å².